The molecule has 5 heteroatoms. The SMILES string of the molecule is COC(=O)C1(C)CN(C(=O)c2cccnc2)C1. The summed E-state index contributed by atoms with van der Waals surface area (Å²) in [7, 11) is 1.36. The summed E-state index contributed by atoms with van der Waals surface area (Å²) in [6.45, 7) is 2.59. The summed E-state index contributed by atoms with van der Waals surface area (Å²) in [4.78, 5) is 28.9. The molecule has 0 aliphatic carbocycles. The molecule has 1 aliphatic rings. The minimum Gasteiger partial charge on any atom is -0.468 e. The number of aromatic nitrogens is 1. The van der Waals surface area contributed by atoms with Gasteiger partial charge in [-0.1, -0.05) is 0 Å². The summed E-state index contributed by atoms with van der Waals surface area (Å²) in [5, 5.41) is 0. The van der Waals surface area contributed by atoms with Gasteiger partial charge in [-0.3, -0.25) is 14.6 Å². The average Bonchev–Trinajstić information content (AvgIpc) is 2.34. The summed E-state index contributed by atoms with van der Waals surface area (Å²) >= 11 is 0. The van der Waals surface area contributed by atoms with Crippen molar-refractivity contribution in [2.24, 2.45) is 5.41 Å². The Morgan fingerprint density at radius 1 is 1.47 bits per heavy atom. The predicted molar refractivity (Wildman–Crippen MR) is 60.3 cm³/mol. The highest BCUT2D eigenvalue weighted by atomic mass is 16.5. The number of carbonyl (C=O) groups is 2. The Balaban J connectivity index is 2.01. The van der Waals surface area contributed by atoms with Crippen LogP contribution in [0, 0.1) is 5.41 Å². The number of carbonyl (C=O) groups excluding carboxylic acids is 2. The molecule has 0 unspecified atom stereocenters. The zero-order chi connectivity index (χ0) is 12.5. The van der Waals surface area contributed by atoms with Crippen molar-refractivity contribution in [3.63, 3.8) is 0 Å². The third-order valence-electron chi connectivity index (χ3n) is 2.95. The number of methoxy groups -OCH3 is 1. The van der Waals surface area contributed by atoms with Crippen molar-refractivity contribution in [3.8, 4) is 0 Å². The van der Waals surface area contributed by atoms with Crippen LogP contribution < -0.4 is 0 Å². The maximum atomic E-state index is 12.0. The number of esters is 1. The molecule has 90 valence electrons. The number of pyridine rings is 1. The van der Waals surface area contributed by atoms with Crippen LogP contribution in [0.4, 0.5) is 0 Å². The van der Waals surface area contributed by atoms with Gasteiger partial charge in [0.25, 0.3) is 5.91 Å². The number of likely N-dealkylation sites (tertiary alicyclic amines) is 1. The lowest BCUT2D eigenvalue weighted by Gasteiger charge is -2.45. The Kier molecular flexibility index (Phi) is 2.83. The summed E-state index contributed by atoms with van der Waals surface area (Å²) in [5.74, 6) is -0.368. The molecule has 17 heavy (non-hydrogen) atoms. The quantitative estimate of drug-likeness (QED) is 0.707. The topological polar surface area (TPSA) is 59.5 Å². The summed E-state index contributed by atoms with van der Waals surface area (Å²) in [6.07, 6.45) is 3.14. The largest absolute Gasteiger partial charge is 0.468 e. The van der Waals surface area contributed by atoms with E-state index in [0.717, 1.165) is 0 Å². The number of rotatable bonds is 2. The van der Waals surface area contributed by atoms with Gasteiger partial charge in [-0.15, -0.1) is 0 Å². The summed E-state index contributed by atoms with van der Waals surface area (Å²) < 4.78 is 4.70. The van der Waals surface area contributed by atoms with E-state index in [-0.39, 0.29) is 11.9 Å². The van der Waals surface area contributed by atoms with E-state index in [1.165, 1.54) is 13.3 Å². The molecule has 1 amide bonds. The maximum absolute atomic E-state index is 12.0. The molecule has 0 N–H and O–H groups in total. The van der Waals surface area contributed by atoms with Crippen molar-refractivity contribution >= 4 is 11.9 Å². The zero-order valence-corrected chi connectivity index (χ0v) is 9.84. The van der Waals surface area contributed by atoms with Crippen LogP contribution in [0.1, 0.15) is 17.3 Å². The summed E-state index contributed by atoms with van der Waals surface area (Å²) in [5.41, 5.74) is -0.0218. The number of nitrogens with zero attached hydrogens (tertiary/aromatic N) is 2. The van der Waals surface area contributed by atoms with Crippen molar-refractivity contribution in [2.75, 3.05) is 20.2 Å². The second-order valence-electron chi connectivity index (χ2n) is 4.46. The van der Waals surface area contributed by atoms with E-state index in [1.54, 1.807) is 30.2 Å². The van der Waals surface area contributed by atoms with Crippen molar-refractivity contribution < 1.29 is 14.3 Å². The van der Waals surface area contributed by atoms with Gasteiger partial charge in [0.05, 0.1) is 12.7 Å². The van der Waals surface area contributed by atoms with E-state index in [1.807, 2.05) is 0 Å². The molecule has 0 radical (unpaired) electrons. The first-order valence-corrected chi connectivity index (χ1v) is 5.34. The van der Waals surface area contributed by atoms with Gasteiger partial charge < -0.3 is 9.64 Å². The van der Waals surface area contributed by atoms with Gasteiger partial charge in [0.1, 0.15) is 5.41 Å². The Bertz CT molecular complexity index is 438. The molecule has 5 nitrogen and oxygen atoms in total. The molecule has 2 rings (SSSR count). The van der Waals surface area contributed by atoms with Crippen LogP contribution >= 0.6 is 0 Å². The molecular formula is C12H14N2O3. The standard InChI is InChI=1S/C12H14N2O3/c1-12(11(16)17-2)7-14(8-12)10(15)9-4-3-5-13-6-9/h3-6H,7-8H2,1-2H3. The van der Waals surface area contributed by atoms with Gasteiger partial charge in [-0.2, -0.15) is 0 Å². The number of ether oxygens (including phenoxy) is 1. The van der Waals surface area contributed by atoms with Crippen molar-refractivity contribution in [1.82, 2.24) is 9.88 Å². The monoisotopic (exact) mass is 234 g/mol. The Hall–Kier alpha value is -1.91. The number of amides is 1. The van der Waals surface area contributed by atoms with Crippen LogP contribution in [0.15, 0.2) is 24.5 Å². The highest BCUT2D eigenvalue weighted by molar-refractivity contribution is 5.96. The molecule has 0 atom stereocenters. The molecule has 1 aliphatic heterocycles. The van der Waals surface area contributed by atoms with Crippen molar-refractivity contribution in [3.05, 3.63) is 30.1 Å². The van der Waals surface area contributed by atoms with E-state index in [9.17, 15) is 9.59 Å². The average molecular weight is 234 g/mol. The van der Waals surface area contributed by atoms with Gasteiger partial charge in [-0.25, -0.2) is 0 Å². The van der Waals surface area contributed by atoms with Gasteiger partial charge in [0.15, 0.2) is 0 Å². The summed E-state index contributed by atoms with van der Waals surface area (Å²) in [6, 6.07) is 3.43. The zero-order valence-electron chi connectivity index (χ0n) is 9.84. The Labute approximate surface area is 99.4 Å². The molecule has 0 aromatic carbocycles. The van der Waals surface area contributed by atoms with E-state index < -0.39 is 5.41 Å². The van der Waals surface area contributed by atoms with E-state index in [0.29, 0.717) is 18.7 Å². The van der Waals surface area contributed by atoms with Crippen LogP contribution in [-0.4, -0.2) is 42.0 Å². The van der Waals surface area contributed by atoms with Crippen LogP contribution in [0.3, 0.4) is 0 Å². The van der Waals surface area contributed by atoms with Crippen molar-refractivity contribution in [1.29, 1.82) is 0 Å². The fraction of sp³-hybridized carbons (Fsp3) is 0.417. The molecule has 0 bridgehead atoms. The molecule has 1 aromatic heterocycles. The van der Waals surface area contributed by atoms with E-state index in [2.05, 4.69) is 4.98 Å². The van der Waals surface area contributed by atoms with Gasteiger partial charge >= 0.3 is 5.97 Å². The molecule has 1 aromatic rings. The molecule has 1 saturated heterocycles. The van der Waals surface area contributed by atoms with E-state index in [4.69, 9.17) is 4.74 Å². The lowest BCUT2D eigenvalue weighted by atomic mass is 9.81. The van der Waals surface area contributed by atoms with Crippen LogP contribution in [0.2, 0.25) is 0 Å². The fourth-order valence-corrected chi connectivity index (χ4v) is 1.99. The minimum atomic E-state index is -0.563. The molecular weight excluding hydrogens is 220 g/mol. The lowest BCUT2D eigenvalue weighted by Crippen LogP contribution is -2.60. The maximum Gasteiger partial charge on any atom is 0.315 e. The van der Waals surface area contributed by atoms with Crippen LogP contribution in [0.25, 0.3) is 0 Å². The fourth-order valence-electron chi connectivity index (χ4n) is 1.99. The second kappa shape index (κ2) is 4.16. The smallest absolute Gasteiger partial charge is 0.315 e. The highest BCUT2D eigenvalue weighted by Gasteiger charge is 2.48. The Morgan fingerprint density at radius 2 is 2.18 bits per heavy atom. The van der Waals surface area contributed by atoms with Gasteiger partial charge in [0, 0.05) is 25.5 Å². The Morgan fingerprint density at radius 3 is 2.71 bits per heavy atom. The lowest BCUT2D eigenvalue weighted by molar-refractivity contribution is -0.159. The first-order chi connectivity index (χ1) is 8.07. The number of hydrogen-bond donors (Lipinski definition) is 0. The number of hydrogen-bond acceptors (Lipinski definition) is 4. The predicted octanol–water partition coefficient (Wildman–Crippen LogP) is 0.717. The van der Waals surface area contributed by atoms with Crippen LogP contribution in [0.5, 0.6) is 0 Å². The molecule has 0 spiro atoms. The highest BCUT2D eigenvalue weighted by Crippen LogP contribution is 2.32. The molecule has 1 fully saturated rings. The first-order valence-electron chi connectivity index (χ1n) is 5.34. The second-order valence-corrected chi connectivity index (χ2v) is 4.46. The third-order valence-corrected chi connectivity index (χ3v) is 2.95. The third kappa shape index (κ3) is 2.00. The normalized spacial score (nSPS) is 17.2. The van der Waals surface area contributed by atoms with Crippen LogP contribution in [-0.2, 0) is 9.53 Å². The van der Waals surface area contributed by atoms with Gasteiger partial charge in [0.2, 0.25) is 0 Å². The first kappa shape index (κ1) is 11.6. The van der Waals surface area contributed by atoms with E-state index >= 15 is 0 Å². The minimum absolute atomic E-state index is 0.0977. The molecule has 2 heterocycles. The van der Waals surface area contributed by atoms with Gasteiger partial charge in [-0.05, 0) is 19.1 Å². The van der Waals surface area contributed by atoms with Crippen molar-refractivity contribution in [2.45, 2.75) is 6.92 Å². The molecule has 0 saturated carbocycles.